The third-order valence-corrected chi connectivity index (χ3v) is 4.47. The number of benzene rings is 1. The molecule has 2 N–H and O–H groups in total. The zero-order chi connectivity index (χ0) is 13.9. The molecule has 1 aliphatic heterocycles. The van der Waals surface area contributed by atoms with Crippen molar-refractivity contribution in [3.8, 4) is 0 Å². The maximum atomic E-state index is 12.1. The third-order valence-electron chi connectivity index (χ3n) is 3.49. The van der Waals surface area contributed by atoms with Crippen LogP contribution in [0.25, 0.3) is 0 Å². The van der Waals surface area contributed by atoms with Gasteiger partial charge < -0.3 is 10.4 Å². The van der Waals surface area contributed by atoms with Crippen LogP contribution in [0.2, 0.25) is 0 Å². The summed E-state index contributed by atoms with van der Waals surface area (Å²) in [6.45, 7) is 4.31. The zero-order valence-corrected chi connectivity index (χ0v) is 12.3. The number of amides is 1. The predicted octanol–water partition coefficient (Wildman–Crippen LogP) is 2.29. The summed E-state index contributed by atoms with van der Waals surface area (Å²) < 4.78 is 0. The molecule has 19 heavy (non-hydrogen) atoms. The van der Waals surface area contributed by atoms with E-state index < -0.39 is 5.60 Å². The van der Waals surface area contributed by atoms with Crippen molar-refractivity contribution >= 4 is 17.7 Å². The van der Waals surface area contributed by atoms with E-state index >= 15 is 0 Å². The highest BCUT2D eigenvalue weighted by Gasteiger charge is 2.29. The van der Waals surface area contributed by atoms with Crippen molar-refractivity contribution in [1.82, 2.24) is 5.32 Å². The van der Waals surface area contributed by atoms with Gasteiger partial charge in [0.05, 0.1) is 5.60 Å². The van der Waals surface area contributed by atoms with Crippen molar-refractivity contribution in [1.29, 1.82) is 0 Å². The quantitative estimate of drug-likeness (QED) is 0.892. The molecule has 0 unspecified atom stereocenters. The van der Waals surface area contributed by atoms with Gasteiger partial charge in [0, 0.05) is 12.1 Å². The van der Waals surface area contributed by atoms with Gasteiger partial charge in [-0.3, -0.25) is 4.79 Å². The Bertz CT molecular complexity index is 447. The lowest BCUT2D eigenvalue weighted by Gasteiger charge is -2.31. The van der Waals surface area contributed by atoms with Crippen LogP contribution in [0.1, 0.15) is 34.3 Å². The fourth-order valence-corrected chi connectivity index (χ4v) is 3.63. The summed E-state index contributed by atoms with van der Waals surface area (Å²) in [6.07, 6.45) is 1.51. The van der Waals surface area contributed by atoms with Gasteiger partial charge >= 0.3 is 0 Å². The highest BCUT2D eigenvalue weighted by atomic mass is 32.2. The molecule has 0 bridgehead atoms. The normalized spacial score (nSPS) is 18.1. The molecule has 1 amide bonds. The minimum Gasteiger partial charge on any atom is -0.388 e. The maximum absolute atomic E-state index is 12.1. The Morgan fingerprint density at radius 1 is 1.26 bits per heavy atom. The molecule has 1 saturated heterocycles. The summed E-state index contributed by atoms with van der Waals surface area (Å²) in [4.78, 5) is 12.1. The second-order valence-electron chi connectivity index (χ2n) is 5.40. The second kappa shape index (κ2) is 5.97. The Kier molecular flexibility index (Phi) is 4.53. The fraction of sp³-hybridized carbons (Fsp3) is 0.533. The average molecular weight is 279 g/mol. The van der Waals surface area contributed by atoms with Crippen molar-refractivity contribution < 1.29 is 9.90 Å². The van der Waals surface area contributed by atoms with Crippen LogP contribution >= 0.6 is 11.8 Å². The Balaban J connectivity index is 1.97. The molecule has 0 radical (unpaired) electrons. The molecule has 1 aromatic rings. The number of carbonyl (C=O) groups is 1. The minimum absolute atomic E-state index is 0.0987. The third kappa shape index (κ3) is 3.98. The molecule has 104 valence electrons. The van der Waals surface area contributed by atoms with Crippen LogP contribution in [0.4, 0.5) is 0 Å². The average Bonchev–Trinajstić information content (AvgIpc) is 2.36. The molecular weight excluding hydrogens is 258 g/mol. The highest BCUT2D eigenvalue weighted by molar-refractivity contribution is 7.99. The second-order valence-corrected chi connectivity index (χ2v) is 6.62. The standard InChI is InChI=1S/C15H21NO2S/c1-11-7-12(2)9-13(8-11)14(17)16-10-15(18)3-5-19-6-4-15/h7-9,18H,3-6,10H2,1-2H3,(H,16,17). The van der Waals surface area contributed by atoms with Gasteiger partial charge in [-0.05, 0) is 50.3 Å². The molecule has 2 rings (SSSR count). The van der Waals surface area contributed by atoms with Gasteiger partial charge in [-0.25, -0.2) is 0 Å². The van der Waals surface area contributed by atoms with Gasteiger partial charge in [0.15, 0.2) is 0 Å². The van der Waals surface area contributed by atoms with Crippen LogP contribution in [0.5, 0.6) is 0 Å². The molecule has 0 aromatic heterocycles. The van der Waals surface area contributed by atoms with Crippen molar-refractivity contribution in [2.45, 2.75) is 32.3 Å². The number of nitrogens with one attached hydrogen (secondary N) is 1. The van der Waals surface area contributed by atoms with Gasteiger partial charge in [-0.15, -0.1) is 0 Å². The molecule has 0 saturated carbocycles. The van der Waals surface area contributed by atoms with Gasteiger partial charge in [-0.2, -0.15) is 11.8 Å². The van der Waals surface area contributed by atoms with Crippen LogP contribution in [-0.4, -0.2) is 34.7 Å². The first-order valence-electron chi connectivity index (χ1n) is 6.65. The summed E-state index contributed by atoms with van der Waals surface area (Å²) in [5.41, 5.74) is 2.11. The molecule has 4 heteroatoms. The molecule has 1 fully saturated rings. The van der Waals surface area contributed by atoms with Gasteiger partial charge in [-0.1, -0.05) is 17.2 Å². The lowest BCUT2D eigenvalue weighted by Crippen LogP contribution is -2.45. The number of hydrogen-bond acceptors (Lipinski definition) is 3. The number of thioether (sulfide) groups is 1. The number of rotatable bonds is 3. The first kappa shape index (κ1) is 14.4. The van der Waals surface area contributed by atoms with E-state index in [9.17, 15) is 9.90 Å². The van der Waals surface area contributed by atoms with Crippen LogP contribution in [0, 0.1) is 13.8 Å². The molecule has 0 aliphatic carbocycles. The summed E-state index contributed by atoms with van der Waals surface area (Å²) in [7, 11) is 0. The van der Waals surface area contributed by atoms with Crippen molar-refractivity contribution in [3.63, 3.8) is 0 Å². The number of aliphatic hydroxyl groups is 1. The van der Waals surface area contributed by atoms with Gasteiger partial charge in [0.1, 0.15) is 0 Å². The van der Waals surface area contributed by atoms with E-state index in [1.807, 2.05) is 43.8 Å². The lowest BCUT2D eigenvalue weighted by atomic mass is 9.96. The first-order valence-corrected chi connectivity index (χ1v) is 7.81. The topological polar surface area (TPSA) is 49.3 Å². The number of aryl methyl sites for hydroxylation is 2. The van der Waals surface area contributed by atoms with Crippen LogP contribution in [0.3, 0.4) is 0 Å². The summed E-state index contributed by atoms with van der Waals surface area (Å²) in [5, 5.41) is 13.2. The number of carbonyl (C=O) groups excluding carboxylic acids is 1. The number of hydrogen-bond donors (Lipinski definition) is 2. The Labute approximate surface area is 118 Å². The van der Waals surface area contributed by atoms with E-state index in [1.165, 1.54) is 0 Å². The Morgan fingerprint density at radius 3 is 2.42 bits per heavy atom. The summed E-state index contributed by atoms with van der Waals surface area (Å²) in [6, 6.07) is 5.80. The van der Waals surface area contributed by atoms with Gasteiger partial charge in [0.2, 0.25) is 0 Å². The summed E-state index contributed by atoms with van der Waals surface area (Å²) >= 11 is 1.86. The van der Waals surface area contributed by atoms with Crippen LogP contribution < -0.4 is 5.32 Å². The predicted molar refractivity (Wildman–Crippen MR) is 79.8 cm³/mol. The SMILES string of the molecule is Cc1cc(C)cc(C(=O)NCC2(O)CCSCC2)c1. The zero-order valence-electron chi connectivity index (χ0n) is 11.5. The molecule has 0 atom stereocenters. The lowest BCUT2D eigenvalue weighted by molar-refractivity contribution is 0.0311. The molecule has 1 aliphatic rings. The van der Waals surface area contributed by atoms with E-state index in [0.29, 0.717) is 12.1 Å². The molecule has 1 aromatic carbocycles. The van der Waals surface area contributed by atoms with Crippen LogP contribution in [-0.2, 0) is 0 Å². The molecule has 3 nitrogen and oxygen atoms in total. The molecule has 0 spiro atoms. The van der Waals surface area contributed by atoms with E-state index in [1.54, 1.807) is 0 Å². The van der Waals surface area contributed by atoms with E-state index in [0.717, 1.165) is 35.5 Å². The first-order chi connectivity index (χ1) is 8.98. The summed E-state index contributed by atoms with van der Waals surface area (Å²) in [5.74, 6) is 1.84. The van der Waals surface area contributed by atoms with Crippen molar-refractivity contribution in [2.75, 3.05) is 18.1 Å². The smallest absolute Gasteiger partial charge is 0.251 e. The van der Waals surface area contributed by atoms with Crippen molar-refractivity contribution in [3.05, 3.63) is 34.9 Å². The highest BCUT2D eigenvalue weighted by Crippen LogP contribution is 2.26. The Hall–Kier alpha value is -1.00. The maximum Gasteiger partial charge on any atom is 0.251 e. The minimum atomic E-state index is -0.722. The van der Waals surface area contributed by atoms with Crippen LogP contribution in [0.15, 0.2) is 18.2 Å². The van der Waals surface area contributed by atoms with Gasteiger partial charge in [0.25, 0.3) is 5.91 Å². The largest absolute Gasteiger partial charge is 0.388 e. The van der Waals surface area contributed by atoms with E-state index in [-0.39, 0.29) is 5.91 Å². The monoisotopic (exact) mass is 279 g/mol. The molecular formula is C15H21NO2S. The van der Waals surface area contributed by atoms with E-state index in [4.69, 9.17) is 0 Å². The molecule has 1 heterocycles. The van der Waals surface area contributed by atoms with Crippen molar-refractivity contribution in [2.24, 2.45) is 0 Å². The van der Waals surface area contributed by atoms with E-state index in [2.05, 4.69) is 5.32 Å². The Morgan fingerprint density at radius 2 is 1.84 bits per heavy atom. The fourth-order valence-electron chi connectivity index (χ4n) is 2.38.